The molecule has 2 aliphatic rings. The molecule has 0 N–H and O–H groups in total. The smallest absolute Gasteiger partial charge is 0.399 e. The summed E-state index contributed by atoms with van der Waals surface area (Å²) in [6.07, 6.45) is 0. The Bertz CT molecular complexity index is 2920. The molecule has 0 amide bonds. The van der Waals surface area contributed by atoms with Crippen LogP contribution in [0.15, 0.2) is 164 Å². The van der Waals surface area contributed by atoms with Gasteiger partial charge in [-0.3, -0.25) is 0 Å². The molecule has 3 heterocycles. The van der Waals surface area contributed by atoms with Gasteiger partial charge in [0.2, 0.25) is 0 Å². The summed E-state index contributed by atoms with van der Waals surface area (Å²) in [6.45, 7) is 16.7. The fraction of sp³-hybridized carbons (Fsp3) is 0.218. The van der Waals surface area contributed by atoms with Crippen molar-refractivity contribution in [2.45, 2.75) is 77.8 Å². The van der Waals surface area contributed by atoms with Crippen LogP contribution in [0.3, 0.4) is 0 Å². The molecule has 0 aliphatic carbocycles. The lowest BCUT2D eigenvalue weighted by Gasteiger charge is -2.32. The Balaban J connectivity index is 1.02. The van der Waals surface area contributed by atoms with Crippen LogP contribution in [0.4, 0.5) is 0 Å². The van der Waals surface area contributed by atoms with Crippen LogP contribution in [0.1, 0.15) is 55.4 Å². The zero-order valence-corrected chi connectivity index (χ0v) is 37.7. The van der Waals surface area contributed by atoms with Crippen molar-refractivity contribution in [1.29, 1.82) is 0 Å². The van der Waals surface area contributed by atoms with Crippen LogP contribution in [-0.2, 0) is 18.6 Å². The molecule has 1 aromatic heterocycles. The first kappa shape index (κ1) is 41.8. The number of nitrogens with zero attached hydrogens (tertiary/aromatic N) is 3. The van der Waals surface area contributed by atoms with E-state index in [2.05, 4.69) is 183 Å². The molecule has 0 saturated carbocycles. The first-order chi connectivity index (χ1) is 30.6. The van der Waals surface area contributed by atoms with E-state index in [1.165, 1.54) is 0 Å². The van der Waals surface area contributed by atoms with Gasteiger partial charge in [0.1, 0.15) is 0 Å². The van der Waals surface area contributed by atoms with Crippen molar-refractivity contribution in [2.24, 2.45) is 0 Å². The Kier molecular flexibility index (Phi) is 10.3. The van der Waals surface area contributed by atoms with Crippen molar-refractivity contribution < 1.29 is 18.6 Å². The lowest BCUT2D eigenvalue weighted by molar-refractivity contribution is 0.00578. The Morgan fingerprint density at radius 2 is 0.625 bits per heavy atom. The molecule has 0 atom stereocenters. The normalized spacial score (nSPS) is 17.2. The van der Waals surface area contributed by atoms with Gasteiger partial charge in [-0.15, -0.1) is 0 Å². The van der Waals surface area contributed by atoms with Crippen LogP contribution in [-0.4, -0.2) is 51.6 Å². The minimum atomic E-state index is -0.556. The Morgan fingerprint density at radius 3 is 1.05 bits per heavy atom. The van der Waals surface area contributed by atoms with Gasteiger partial charge in [-0.1, -0.05) is 164 Å². The average molecular weight is 840 g/mol. The van der Waals surface area contributed by atoms with Gasteiger partial charge in [-0.05, 0) is 110 Å². The average Bonchev–Trinajstić information content (AvgIpc) is 3.68. The van der Waals surface area contributed by atoms with E-state index >= 15 is 0 Å². The number of aromatic nitrogens is 3. The van der Waals surface area contributed by atoms with E-state index in [0.717, 1.165) is 71.8 Å². The first-order valence-electron chi connectivity index (χ1n) is 22.1. The number of benzene rings is 7. The second-order valence-corrected chi connectivity index (χ2v) is 19.0. The quantitative estimate of drug-likeness (QED) is 0.141. The van der Waals surface area contributed by atoms with E-state index in [9.17, 15) is 0 Å². The lowest BCUT2D eigenvalue weighted by atomic mass is 9.70. The zero-order chi connectivity index (χ0) is 44.4. The van der Waals surface area contributed by atoms with E-state index < -0.39 is 36.6 Å². The molecule has 10 rings (SSSR count). The molecule has 2 fully saturated rings. The molecule has 316 valence electrons. The van der Waals surface area contributed by atoms with E-state index in [1.807, 2.05) is 36.4 Å². The van der Waals surface area contributed by atoms with Crippen LogP contribution in [0.2, 0.25) is 0 Å². The molecule has 0 unspecified atom stereocenters. The summed E-state index contributed by atoms with van der Waals surface area (Å²) < 4.78 is 26.4. The highest BCUT2D eigenvalue weighted by atomic mass is 16.7. The highest BCUT2D eigenvalue weighted by Crippen LogP contribution is 2.40. The Hall–Kier alpha value is -6.22. The molecular formula is C55H51B2N3O4. The maximum absolute atomic E-state index is 6.61. The van der Waals surface area contributed by atoms with Crippen LogP contribution >= 0.6 is 0 Å². The molecule has 2 saturated heterocycles. The number of hydrogen-bond donors (Lipinski definition) is 0. The molecule has 64 heavy (non-hydrogen) atoms. The van der Waals surface area contributed by atoms with Crippen molar-refractivity contribution in [3.63, 3.8) is 0 Å². The van der Waals surface area contributed by atoms with Crippen molar-refractivity contribution in [3.05, 3.63) is 164 Å². The van der Waals surface area contributed by atoms with Gasteiger partial charge in [-0.2, -0.15) is 0 Å². The molecule has 0 radical (unpaired) electrons. The third kappa shape index (κ3) is 7.66. The third-order valence-corrected chi connectivity index (χ3v) is 13.6. The summed E-state index contributed by atoms with van der Waals surface area (Å²) >= 11 is 0. The standard InChI is InChI=1S/C55H51B2N3O4/c1-52(2)53(3,4)62-56(61-52)43-33-42(34-44(35-43)57-63-54(5,6)55(7,8)64-57)46-32-31-45(47-21-15-16-22-48(46)47)38-25-29-41(30-26-38)51-59-49(39-19-13-10-14-20-39)58-50(60-51)40-27-23-37(24-28-40)36-17-11-9-12-18-36/h9-35H,1-8H3. The van der Waals surface area contributed by atoms with Gasteiger partial charge in [0.05, 0.1) is 22.4 Å². The molecular weight excluding hydrogens is 788 g/mol. The molecule has 2 aliphatic heterocycles. The summed E-state index contributed by atoms with van der Waals surface area (Å²) in [6, 6.07) is 56.9. The maximum Gasteiger partial charge on any atom is 0.494 e. The van der Waals surface area contributed by atoms with Crippen molar-refractivity contribution >= 4 is 35.9 Å². The van der Waals surface area contributed by atoms with Gasteiger partial charge in [0.15, 0.2) is 17.5 Å². The van der Waals surface area contributed by atoms with Crippen LogP contribution < -0.4 is 10.9 Å². The molecule has 7 nitrogen and oxygen atoms in total. The van der Waals surface area contributed by atoms with Gasteiger partial charge in [0, 0.05) is 16.7 Å². The van der Waals surface area contributed by atoms with Crippen molar-refractivity contribution in [2.75, 3.05) is 0 Å². The fourth-order valence-electron chi connectivity index (χ4n) is 8.46. The highest BCUT2D eigenvalue weighted by molar-refractivity contribution is 6.66. The SMILES string of the molecule is CC1(C)OB(c2cc(B3OC(C)(C)C(C)(C)O3)cc(-c3ccc(-c4ccc(-c5nc(-c6ccccc6)nc(-c6ccc(-c7ccccc7)cc6)n5)cc4)c4ccccc34)c2)OC1(C)C. The first-order valence-corrected chi connectivity index (χ1v) is 22.1. The summed E-state index contributed by atoms with van der Waals surface area (Å²) in [5.41, 5.74) is 9.27. The second kappa shape index (κ2) is 15.8. The van der Waals surface area contributed by atoms with E-state index in [0.29, 0.717) is 17.5 Å². The van der Waals surface area contributed by atoms with Gasteiger partial charge >= 0.3 is 14.2 Å². The zero-order valence-electron chi connectivity index (χ0n) is 37.7. The summed E-state index contributed by atoms with van der Waals surface area (Å²) in [7, 11) is -1.11. The molecule has 0 bridgehead atoms. The summed E-state index contributed by atoms with van der Waals surface area (Å²) in [4.78, 5) is 15.0. The monoisotopic (exact) mass is 839 g/mol. The molecule has 8 aromatic rings. The number of fused-ring (bicyclic) bond motifs is 1. The van der Waals surface area contributed by atoms with Gasteiger partial charge < -0.3 is 18.6 Å². The van der Waals surface area contributed by atoms with Crippen molar-refractivity contribution in [3.8, 4) is 67.5 Å². The number of rotatable bonds is 8. The minimum Gasteiger partial charge on any atom is -0.399 e. The fourth-order valence-corrected chi connectivity index (χ4v) is 8.46. The van der Waals surface area contributed by atoms with Crippen LogP contribution in [0.5, 0.6) is 0 Å². The maximum atomic E-state index is 6.61. The summed E-state index contributed by atoms with van der Waals surface area (Å²) in [5, 5.41) is 2.27. The van der Waals surface area contributed by atoms with Crippen molar-refractivity contribution in [1.82, 2.24) is 15.0 Å². The number of hydrogen-bond acceptors (Lipinski definition) is 7. The minimum absolute atomic E-state index is 0.493. The lowest BCUT2D eigenvalue weighted by Crippen LogP contribution is -2.41. The molecule has 9 heteroatoms. The predicted molar refractivity (Wildman–Crippen MR) is 261 cm³/mol. The van der Waals surface area contributed by atoms with Gasteiger partial charge in [0.25, 0.3) is 0 Å². The van der Waals surface area contributed by atoms with E-state index in [-0.39, 0.29) is 0 Å². The summed E-state index contributed by atoms with van der Waals surface area (Å²) in [5.74, 6) is 1.86. The molecule has 0 spiro atoms. The molecule has 7 aromatic carbocycles. The van der Waals surface area contributed by atoms with Crippen LogP contribution in [0, 0.1) is 0 Å². The largest absolute Gasteiger partial charge is 0.494 e. The second-order valence-electron chi connectivity index (χ2n) is 19.0. The van der Waals surface area contributed by atoms with Crippen LogP contribution in [0.25, 0.3) is 78.3 Å². The van der Waals surface area contributed by atoms with E-state index in [4.69, 9.17) is 33.6 Å². The topological polar surface area (TPSA) is 75.6 Å². The Labute approximate surface area is 377 Å². The van der Waals surface area contributed by atoms with E-state index in [1.54, 1.807) is 0 Å². The third-order valence-electron chi connectivity index (χ3n) is 13.6. The predicted octanol–water partition coefficient (Wildman–Crippen LogP) is 11.6. The van der Waals surface area contributed by atoms with Gasteiger partial charge in [-0.25, -0.2) is 15.0 Å². The highest BCUT2D eigenvalue weighted by Gasteiger charge is 2.54. The Morgan fingerprint density at radius 1 is 0.312 bits per heavy atom.